The zero-order chi connectivity index (χ0) is 9.35. The molecule has 0 bridgehead atoms. The van der Waals surface area contributed by atoms with Crippen LogP contribution in [0.3, 0.4) is 0 Å². The standard InChI is InChI=1S/C9H14N2O/c1-9(2,3)8-10-5-7(6-12)11(8)4/h5-6H,1-4H3. The van der Waals surface area contributed by atoms with Gasteiger partial charge in [0.15, 0.2) is 6.29 Å². The highest BCUT2D eigenvalue weighted by molar-refractivity contribution is 5.71. The van der Waals surface area contributed by atoms with E-state index in [1.54, 1.807) is 6.20 Å². The quantitative estimate of drug-likeness (QED) is 0.593. The molecule has 1 rings (SSSR count). The van der Waals surface area contributed by atoms with Gasteiger partial charge in [0.05, 0.1) is 6.20 Å². The third kappa shape index (κ3) is 1.40. The van der Waals surface area contributed by atoms with Crippen LogP contribution in [0.25, 0.3) is 0 Å². The number of aromatic nitrogens is 2. The topological polar surface area (TPSA) is 34.9 Å². The van der Waals surface area contributed by atoms with Crippen LogP contribution >= 0.6 is 0 Å². The lowest BCUT2D eigenvalue weighted by Crippen LogP contribution is -2.18. The lowest BCUT2D eigenvalue weighted by Gasteiger charge is -2.17. The minimum absolute atomic E-state index is 0.00396. The molecule has 0 aliphatic rings. The molecule has 3 heteroatoms. The lowest BCUT2D eigenvalue weighted by atomic mass is 9.96. The van der Waals surface area contributed by atoms with Crippen molar-refractivity contribution >= 4 is 6.29 Å². The number of rotatable bonds is 1. The first-order valence-electron chi connectivity index (χ1n) is 3.94. The average molecular weight is 166 g/mol. The van der Waals surface area contributed by atoms with Crippen LogP contribution in [0.5, 0.6) is 0 Å². The van der Waals surface area contributed by atoms with Crippen molar-refractivity contribution in [3.63, 3.8) is 0 Å². The number of carbonyl (C=O) groups is 1. The molecule has 0 N–H and O–H groups in total. The predicted molar refractivity (Wildman–Crippen MR) is 47.3 cm³/mol. The zero-order valence-electron chi connectivity index (χ0n) is 7.96. The van der Waals surface area contributed by atoms with E-state index in [2.05, 4.69) is 25.8 Å². The van der Waals surface area contributed by atoms with Gasteiger partial charge in [0.25, 0.3) is 0 Å². The van der Waals surface area contributed by atoms with E-state index in [-0.39, 0.29) is 5.41 Å². The number of nitrogens with zero attached hydrogens (tertiary/aromatic N) is 2. The van der Waals surface area contributed by atoms with Crippen molar-refractivity contribution in [2.24, 2.45) is 7.05 Å². The van der Waals surface area contributed by atoms with Gasteiger partial charge in [-0.2, -0.15) is 0 Å². The first-order chi connectivity index (χ1) is 5.46. The number of imidazole rings is 1. The molecule has 1 heterocycles. The Morgan fingerprint density at radius 2 is 2.08 bits per heavy atom. The predicted octanol–water partition coefficient (Wildman–Crippen LogP) is 1.53. The summed E-state index contributed by atoms with van der Waals surface area (Å²) in [6.07, 6.45) is 2.43. The molecule has 0 spiro atoms. The smallest absolute Gasteiger partial charge is 0.168 e. The summed E-state index contributed by atoms with van der Waals surface area (Å²) in [5.41, 5.74) is 0.621. The van der Waals surface area contributed by atoms with Crippen LogP contribution in [-0.4, -0.2) is 15.8 Å². The molecule has 0 aliphatic carbocycles. The van der Waals surface area contributed by atoms with E-state index < -0.39 is 0 Å². The Morgan fingerprint density at radius 3 is 2.33 bits per heavy atom. The van der Waals surface area contributed by atoms with Gasteiger partial charge in [-0.15, -0.1) is 0 Å². The van der Waals surface area contributed by atoms with Gasteiger partial charge in [-0.25, -0.2) is 4.98 Å². The molecule has 0 aromatic carbocycles. The maximum absolute atomic E-state index is 10.5. The van der Waals surface area contributed by atoms with E-state index in [0.717, 1.165) is 12.1 Å². The first kappa shape index (κ1) is 8.97. The second-order valence-corrected chi connectivity index (χ2v) is 3.93. The Morgan fingerprint density at radius 1 is 1.50 bits per heavy atom. The fourth-order valence-electron chi connectivity index (χ4n) is 1.23. The zero-order valence-corrected chi connectivity index (χ0v) is 7.96. The van der Waals surface area contributed by atoms with E-state index in [1.165, 1.54) is 0 Å². The minimum Gasteiger partial charge on any atom is -0.329 e. The van der Waals surface area contributed by atoms with Gasteiger partial charge in [0, 0.05) is 12.5 Å². The van der Waals surface area contributed by atoms with Crippen molar-refractivity contribution in [1.29, 1.82) is 0 Å². The summed E-state index contributed by atoms with van der Waals surface area (Å²) < 4.78 is 1.83. The maximum Gasteiger partial charge on any atom is 0.168 e. The van der Waals surface area contributed by atoms with Crippen molar-refractivity contribution in [2.45, 2.75) is 26.2 Å². The maximum atomic E-state index is 10.5. The van der Waals surface area contributed by atoms with Crippen molar-refractivity contribution in [3.8, 4) is 0 Å². The second-order valence-electron chi connectivity index (χ2n) is 3.93. The van der Waals surface area contributed by atoms with Crippen LogP contribution in [-0.2, 0) is 12.5 Å². The summed E-state index contributed by atoms with van der Waals surface area (Å²) in [4.78, 5) is 14.7. The highest BCUT2D eigenvalue weighted by Crippen LogP contribution is 2.20. The molecular weight excluding hydrogens is 152 g/mol. The van der Waals surface area contributed by atoms with E-state index >= 15 is 0 Å². The van der Waals surface area contributed by atoms with Crippen molar-refractivity contribution in [2.75, 3.05) is 0 Å². The first-order valence-corrected chi connectivity index (χ1v) is 3.94. The molecule has 0 aliphatic heterocycles. The van der Waals surface area contributed by atoms with Crippen LogP contribution in [0.1, 0.15) is 37.1 Å². The number of hydrogen-bond donors (Lipinski definition) is 0. The van der Waals surface area contributed by atoms with Gasteiger partial charge >= 0.3 is 0 Å². The summed E-state index contributed by atoms with van der Waals surface area (Å²) in [6, 6.07) is 0. The monoisotopic (exact) mass is 166 g/mol. The Hall–Kier alpha value is -1.12. The molecule has 0 saturated carbocycles. The Balaban J connectivity index is 3.19. The third-order valence-electron chi connectivity index (χ3n) is 1.82. The van der Waals surface area contributed by atoms with E-state index in [4.69, 9.17) is 0 Å². The summed E-state index contributed by atoms with van der Waals surface area (Å²) >= 11 is 0. The summed E-state index contributed by atoms with van der Waals surface area (Å²) in [7, 11) is 1.86. The van der Waals surface area contributed by atoms with Gasteiger partial charge in [0.1, 0.15) is 11.5 Å². The molecule has 0 saturated heterocycles. The molecule has 0 amide bonds. The Kier molecular flexibility index (Phi) is 2.04. The molecule has 0 unspecified atom stereocenters. The van der Waals surface area contributed by atoms with Gasteiger partial charge in [-0.05, 0) is 0 Å². The molecule has 66 valence electrons. The van der Waals surface area contributed by atoms with E-state index in [0.29, 0.717) is 5.69 Å². The third-order valence-corrected chi connectivity index (χ3v) is 1.82. The lowest BCUT2D eigenvalue weighted by molar-refractivity contribution is 0.111. The highest BCUT2D eigenvalue weighted by Gasteiger charge is 2.19. The summed E-state index contributed by atoms with van der Waals surface area (Å²) in [5, 5.41) is 0. The average Bonchev–Trinajstić information content (AvgIpc) is 2.29. The van der Waals surface area contributed by atoms with Crippen LogP contribution in [0, 0.1) is 0 Å². The van der Waals surface area contributed by atoms with Crippen LogP contribution in [0.2, 0.25) is 0 Å². The van der Waals surface area contributed by atoms with Crippen LogP contribution in [0.4, 0.5) is 0 Å². The highest BCUT2D eigenvalue weighted by atomic mass is 16.1. The number of hydrogen-bond acceptors (Lipinski definition) is 2. The van der Waals surface area contributed by atoms with Gasteiger partial charge in [-0.3, -0.25) is 4.79 Å². The summed E-state index contributed by atoms with van der Waals surface area (Å²) in [6.45, 7) is 6.22. The molecule has 3 nitrogen and oxygen atoms in total. The van der Waals surface area contributed by atoms with Gasteiger partial charge in [-0.1, -0.05) is 20.8 Å². The Bertz CT molecular complexity index is 294. The Labute approximate surface area is 72.4 Å². The number of aldehydes is 1. The largest absolute Gasteiger partial charge is 0.329 e. The van der Waals surface area contributed by atoms with Crippen molar-refractivity contribution in [1.82, 2.24) is 9.55 Å². The van der Waals surface area contributed by atoms with Gasteiger partial charge < -0.3 is 4.57 Å². The summed E-state index contributed by atoms with van der Waals surface area (Å²) in [5.74, 6) is 0.935. The van der Waals surface area contributed by atoms with E-state index in [1.807, 2.05) is 11.6 Å². The van der Waals surface area contributed by atoms with Gasteiger partial charge in [0.2, 0.25) is 0 Å². The minimum atomic E-state index is -0.00396. The fourth-order valence-corrected chi connectivity index (χ4v) is 1.23. The molecule has 0 radical (unpaired) electrons. The second kappa shape index (κ2) is 2.73. The fraction of sp³-hybridized carbons (Fsp3) is 0.556. The van der Waals surface area contributed by atoms with E-state index in [9.17, 15) is 4.79 Å². The number of carbonyl (C=O) groups excluding carboxylic acids is 1. The molecule has 0 atom stereocenters. The van der Waals surface area contributed by atoms with Crippen molar-refractivity contribution < 1.29 is 4.79 Å². The van der Waals surface area contributed by atoms with Crippen LogP contribution < -0.4 is 0 Å². The normalized spacial score (nSPS) is 11.7. The molecule has 0 fully saturated rings. The van der Waals surface area contributed by atoms with Crippen molar-refractivity contribution in [3.05, 3.63) is 17.7 Å². The molecule has 12 heavy (non-hydrogen) atoms. The molecule has 1 aromatic rings. The molecule has 1 aromatic heterocycles. The van der Waals surface area contributed by atoms with Crippen LogP contribution in [0.15, 0.2) is 6.20 Å². The SMILES string of the molecule is Cn1c(C=O)cnc1C(C)(C)C. The molecular formula is C9H14N2O.